The fourth-order valence-corrected chi connectivity index (χ4v) is 10.3. The second-order valence-electron chi connectivity index (χ2n) is 21.3. The molecular weight excluding hydrogens is 1130 g/mol. The van der Waals surface area contributed by atoms with Gasteiger partial charge in [-0.1, -0.05) is 112 Å². The van der Waals surface area contributed by atoms with Crippen LogP contribution in [0, 0.1) is 11.8 Å². The van der Waals surface area contributed by atoms with Gasteiger partial charge in [0.25, 0.3) is 12.9 Å². The lowest BCUT2D eigenvalue weighted by Crippen LogP contribution is -2.23. The number of nitrogens with zero attached hydrogens (tertiary/aromatic N) is 4. The average Bonchev–Trinajstić information content (AvgIpc) is 1.43. The molecule has 4 aromatic rings. The first-order valence-corrected chi connectivity index (χ1v) is 28.8. The number of alkyl halides is 6. The fourth-order valence-electron chi connectivity index (χ4n) is 10.3. The van der Waals surface area contributed by atoms with E-state index in [9.17, 15) is 45.5 Å². The molecule has 0 radical (unpaired) electrons. The first kappa shape index (κ1) is 67.3. The van der Waals surface area contributed by atoms with Crippen LogP contribution in [0.2, 0.25) is 0 Å². The van der Waals surface area contributed by atoms with E-state index in [1.807, 2.05) is 6.92 Å². The van der Waals surface area contributed by atoms with Crippen LogP contribution in [0.25, 0.3) is 0 Å². The minimum Gasteiger partial charge on any atom is -0.471 e. The molecule has 10 rings (SSSR count). The maximum Gasteiger partial charge on any atom is 0.336 e. The van der Waals surface area contributed by atoms with Gasteiger partial charge < -0.3 is 36.6 Å². The van der Waals surface area contributed by atoms with Gasteiger partial charge in [0.1, 0.15) is 23.0 Å². The molecule has 0 aromatic carbocycles. The zero-order valence-electron chi connectivity index (χ0n) is 48.1. The number of unbranched alkanes of at least 4 members (excludes halogenated alkanes) is 3. The van der Waals surface area contributed by atoms with Crippen LogP contribution in [-0.2, 0) is 70.3 Å². The monoisotopic (exact) mass is 1210 g/mol. The summed E-state index contributed by atoms with van der Waals surface area (Å²) in [5, 5.41) is 0. The van der Waals surface area contributed by atoms with Crippen LogP contribution in [0.4, 0.5) is 26.3 Å². The highest BCUT2D eigenvalue weighted by Crippen LogP contribution is 2.35. The molecule has 86 heavy (non-hydrogen) atoms. The van der Waals surface area contributed by atoms with Crippen LogP contribution in [0.3, 0.4) is 0 Å². The maximum absolute atomic E-state index is 12.5. The Morgan fingerprint density at radius 3 is 1.14 bits per heavy atom. The lowest BCUT2D eigenvalue weighted by atomic mass is 9.81. The number of hydrogen-bond donors (Lipinski definition) is 0. The van der Waals surface area contributed by atoms with Gasteiger partial charge in [0.15, 0.2) is 13.2 Å². The molecule has 6 aliphatic rings. The first-order chi connectivity index (χ1) is 40.9. The molecule has 466 valence electrons. The molecule has 22 heteroatoms. The van der Waals surface area contributed by atoms with E-state index < -0.39 is 62.3 Å². The summed E-state index contributed by atoms with van der Waals surface area (Å²) >= 11 is 0. The van der Waals surface area contributed by atoms with Crippen LogP contribution >= 0.6 is 0 Å². The highest BCUT2D eigenvalue weighted by molar-refractivity contribution is 6.00. The third-order valence-corrected chi connectivity index (χ3v) is 14.5. The van der Waals surface area contributed by atoms with Crippen LogP contribution in [0.15, 0.2) is 130 Å². The number of allylic oxidation sites excluding steroid dienone is 4. The Hall–Kier alpha value is -7.78. The van der Waals surface area contributed by atoms with E-state index in [0.717, 1.165) is 86.0 Å². The van der Waals surface area contributed by atoms with Crippen LogP contribution in [0.5, 0.6) is 0 Å². The summed E-state index contributed by atoms with van der Waals surface area (Å²) in [4.78, 5) is 63.2. The van der Waals surface area contributed by atoms with E-state index in [1.165, 1.54) is 56.4 Å². The van der Waals surface area contributed by atoms with Gasteiger partial charge in [0, 0.05) is 72.7 Å². The lowest BCUT2D eigenvalue weighted by molar-refractivity contribution is 0.0761. The molecule has 0 N–H and O–H groups in total. The molecule has 0 saturated heterocycles. The molecular formula is C64H76F6N4O12. The summed E-state index contributed by atoms with van der Waals surface area (Å²) in [6, 6.07) is 5.71. The Morgan fingerprint density at radius 1 is 0.465 bits per heavy atom. The number of aliphatic imine (C=N–C) groups is 4. The molecule has 2 aliphatic carbocycles. The summed E-state index contributed by atoms with van der Waals surface area (Å²) < 4.78 is 116. The molecule has 4 aromatic heterocycles. The van der Waals surface area contributed by atoms with Gasteiger partial charge in [-0.3, -0.25) is 0 Å². The molecule has 2 saturated carbocycles. The highest BCUT2D eigenvalue weighted by atomic mass is 19.3. The third-order valence-electron chi connectivity index (χ3n) is 14.5. The highest BCUT2D eigenvalue weighted by Gasteiger charge is 2.30. The molecule has 2 fully saturated rings. The van der Waals surface area contributed by atoms with Gasteiger partial charge in [-0.15, -0.1) is 0 Å². The van der Waals surface area contributed by atoms with Crippen LogP contribution < -0.4 is 22.5 Å². The summed E-state index contributed by atoms with van der Waals surface area (Å²) in [6.07, 6.45) is 13.4. The van der Waals surface area contributed by atoms with Crippen molar-refractivity contribution in [2.75, 3.05) is 26.9 Å². The number of ether oxygens (including phenoxy) is 4. The predicted octanol–water partition coefficient (Wildman–Crippen LogP) is 13.5. The summed E-state index contributed by atoms with van der Waals surface area (Å²) in [7, 11) is 0. The molecule has 0 bridgehead atoms. The lowest BCUT2D eigenvalue weighted by Gasteiger charge is -2.26. The number of rotatable bonds is 20. The van der Waals surface area contributed by atoms with Gasteiger partial charge >= 0.3 is 22.5 Å². The normalized spacial score (nSPS) is 15.7. The quantitative estimate of drug-likeness (QED) is 0.0598. The summed E-state index contributed by atoms with van der Waals surface area (Å²) in [5.41, 5.74) is 5.62. The van der Waals surface area contributed by atoms with Crippen molar-refractivity contribution in [3.8, 4) is 0 Å². The summed E-state index contributed by atoms with van der Waals surface area (Å²) in [5.74, 6) is 3.70. The number of hydrogen-bond acceptors (Lipinski definition) is 16. The van der Waals surface area contributed by atoms with E-state index in [1.54, 1.807) is 0 Å². The van der Waals surface area contributed by atoms with Crippen molar-refractivity contribution in [3.05, 3.63) is 183 Å². The zero-order chi connectivity index (χ0) is 61.2. The molecule has 8 heterocycles. The van der Waals surface area contributed by atoms with Crippen molar-refractivity contribution in [2.45, 2.75) is 169 Å². The maximum atomic E-state index is 12.5. The van der Waals surface area contributed by atoms with Crippen molar-refractivity contribution in [1.29, 1.82) is 0 Å². The van der Waals surface area contributed by atoms with Gasteiger partial charge in [-0.25, -0.2) is 65.5 Å². The predicted molar refractivity (Wildman–Crippen MR) is 315 cm³/mol. The second kappa shape index (κ2) is 32.6. The SMILES string of the molecule is C.C=C1Cc2oc(=O)cc(CCC)c2C(OCF)=N1.C=C1Cc2oc(=O)cc(CCC3CCC3)c2C(OCC(F)F)=N1.C=C1Cc2oc(=O)cc(CCCC3CC3)c2C(OCC(F)F)=N1.C=C1Cc2oc(=O)cc(CCCCCC)c2C(OCF)=N1. The standard InChI is InChI=1S/2C17H19F2NO3.C16H20FNO3.C13H14FNO3.CH4/c1-10-7-13-16(17(20-10)22-9-14(18)19)12(8-15(21)23-13)4-2-3-11-5-6-11;1-10-7-13-16(17(20-10)22-9-14(18)19)12(8-15(21)23-13)6-5-11-3-2-4-11;1-3-4-5-6-7-12-9-14(19)21-13-8-11(2)18-16(15(12)13)20-10-17;1-3-4-9-6-11(16)18-10-5-8(2)15-13(12(9)10)17-7-14;/h2*8,11,14H,1-7,9H2;9H,2-8,10H2,1H3;6H,2-5,7H2,1H3;1H4. The minimum absolute atomic E-state index is 0. The van der Waals surface area contributed by atoms with E-state index >= 15 is 0 Å². The van der Waals surface area contributed by atoms with Gasteiger partial charge in [0.05, 0.1) is 22.3 Å². The Kier molecular flexibility index (Phi) is 25.6. The van der Waals surface area contributed by atoms with Gasteiger partial charge in [0.2, 0.25) is 37.3 Å². The first-order valence-electron chi connectivity index (χ1n) is 28.8. The van der Waals surface area contributed by atoms with E-state index in [2.05, 4.69) is 53.2 Å². The van der Waals surface area contributed by atoms with Gasteiger partial charge in [-0.05, 0) is 79.0 Å². The summed E-state index contributed by atoms with van der Waals surface area (Å²) in [6.45, 7) is 15.6. The Bertz CT molecular complexity index is 3440. The molecule has 0 atom stereocenters. The van der Waals surface area contributed by atoms with E-state index in [4.69, 9.17) is 36.6 Å². The third kappa shape index (κ3) is 19.4. The average molecular weight is 1210 g/mol. The number of halogens is 6. The van der Waals surface area contributed by atoms with Gasteiger partial charge in [-0.2, -0.15) is 0 Å². The molecule has 0 amide bonds. The second-order valence-corrected chi connectivity index (χ2v) is 21.3. The Balaban J connectivity index is 0.000000183. The fraction of sp³-hybridized carbons (Fsp3) is 0.500. The number of fused-ring (bicyclic) bond motifs is 4. The smallest absolute Gasteiger partial charge is 0.336 e. The van der Waals surface area contributed by atoms with Crippen molar-refractivity contribution < 1.29 is 63.0 Å². The zero-order valence-corrected chi connectivity index (χ0v) is 48.1. The van der Waals surface area contributed by atoms with Crippen molar-refractivity contribution in [1.82, 2.24) is 0 Å². The Morgan fingerprint density at radius 2 is 0.814 bits per heavy atom. The van der Waals surface area contributed by atoms with Crippen LogP contribution in [-0.4, -0.2) is 63.4 Å². The largest absolute Gasteiger partial charge is 0.471 e. The van der Waals surface area contributed by atoms with E-state index in [0.29, 0.717) is 119 Å². The molecule has 0 unspecified atom stereocenters. The topological polar surface area (TPSA) is 207 Å². The van der Waals surface area contributed by atoms with Crippen molar-refractivity contribution >= 4 is 23.6 Å². The van der Waals surface area contributed by atoms with Crippen molar-refractivity contribution in [2.24, 2.45) is 31.8 Å². The number of aryl methyl sites for hydroxylation is 4. The minimum atomic E-state index is -2.59. The van der Waals surface area contributed by atoms with Crippen LogP contribution in [0.1, 0.15) is 172 Å². The Labute approximate surface area is 495 Å². The molecule has 16 nitrogen and oxygen atoms in total. The molecule has 4 aliphatic heterocycles. The van der Waals surface area contributed by atoms with Crippen molar-refractivity contribution in [3.63, 3.8) is 0 Å². The molecule has 0 spiro atoms. The van der Waals surface area contributed by atoms with E-state index in [-0.39, 0.29) is 31.0 Å².